The summed E-state index contributed by atoms with van der Waals surface area (Å²) in [4.78, 5) is 9.71. The zero-order valence-electron chi connectivity index (χ0n) is 8.93. The third-order valence-corrected chi connectivity index (χ3v) is 1.54. The highest BCUT2D eigenvalue weighted by Gasteiger charge is 1.87. The van der Waals surface area contributed by atoms with Crippen LogP contribution in [-0.2, 0) is 4.79 Å². The van der Waals surface area contributed by atoms with Gasteiger partial charge in [-0.15, -0.1) is 0 Å². The first-order valence-corrected chi connectivity index (χ1v) is 4.70. The summed E-state index contributed by atoms with van der Waals surface area (Å²) in [5.74, 6) is -2.21. The molecule has 1 aromatic carbocycles. The molecule has 0 saturated carbocycles. The molecule has 0 bridgehead atoms. The van der Waals surface area contributed by atoms with Gasteiger partial charge in [-0.1, -0.05) is 48.9 Å². The fourth-order valence-electron chi connectivity index (χ4n) is 0.807. The molecular weight excluding hydrogens is 192 g/mol. The van der Waals surface area contributed by atoms with Gasteiger partial charge in [0.05, 0.1) is 0 Å². The zero-order valence-corrected chi connectivity index (χ0v) is 8.93. The maximum Gasteiger partial charge on any atom is 0.320 e. The molecule has 3 nitrogen and oxygen atoms in total. The molecule has 82 valence electrons. The summed E-state index contributed by atoms with van der Waals surface area (Å²) in [6.07, 6.45) is 1.60. The number of rotatable bonds is 2. The zero-order chi connectivity index (χ0) is 11.7. The highest BCUT2D eigenvalue weighted by Crippen LogP contribution is 1.92. The lowest BCUT2D eigenvalue weighted by atomic mass is 10.2. The monoisotopic (exact) mass is 207 g/mol. The Balaban J connectivity index is 0.000000262. The summed E-state index contributed by atoms with van der Waals surface area (Å²) < 4.78 is 0. The number of carboxylic acid groups (broad SMARTS) is 1. The van der Waals surface area contributed by atoms with E-state index in [0.717, 1.165) is 6.08 Å². The quantitative estimate of drug-likeness (QED) is 0.593. The highest BCUT2D eigenvalue weighted by molar-refractivity contribution is 5.82. The van der Waals surface area contributed by atoms with Crippen molar-refractivity contribution in [2.24, 2.45) is 0 Å². The molecule has 0 aromatic heterocycles. The summed E-state index contributed by atoms with van der Waals surface area (Å²) in [7, 11) is 0. The third-order valence-electron chi connectivity index (χ3n) is 1.54. The number of aliphatic carboxylic acids is 1. The van der Waals surface area contributed by atoms with Crippen molar-refractivity contribution in [3.8, 4) is 0 Å². The molecule has 15 heavy (non-hydrogen) atoms. The van der Waals surface area contributed by atoms with E-state index in [1.54, 1.807) is 6.92 Å². The molecule has 0 atom stereocenters. The van der Waals surface area contributed by atoms with Crippen LogP contribution in [0.3, 0.4) is 0 Å². The Hall–Kier alpha value is -1.77. The largest absolute Gasteiger partial charge is 0.868 e. The maximum absolute atomic E-state index is 10.1. The molecule has 1 aromatic rings. The summed E-state index contributed by atoms with van der Waals surface area (Å²) >= 11 is 0. The molecule has 3 heteroatoms. The van der Waals surface area contributed by atoms with Gasteiger partial charge in [-0.05, 0) is 19.1 Å². The SMILES string of the molecule is CC/C=C(\[O-])C(=O)O.Cc1ccccc1. The van der Waals surface area contributed by atoms with Crippen molar-refractivity contribution >= 4 is 5.97 Å². The Kier molecular flexibility index (Phi) is 6.72. The number of benzene rings is 1. The van der Waals surface area contributed by atoms with Gasteiger partial charge in [-0.3, -0.25) is 0 Å². The van der Waals surface area contributed by atoms with Crippen molar-refractivity contribution in [3.63, 3.8) is 0 Å². The number of hydrogen-bond donors (Lipinski definition) is 1. The Labute approximate surface area is 89.7 Å². The number of aryl methyl sites for hydroxylation is 1. The van der Waals surface area contributed by atoms with E-state index >= 15 is 0 Å². The topological polar surface area (TPSA) is 60.4 Å². The van der Waals surface area contributed by atoms with Gasteiger partial charge in [0.1, 0.15) is 0 Å². The van der Waals surface area contributed by atoms with Crippen molar-refractivity contribution in [3.05, 3.63) is 47.7 Å². The molecule has 1 N–H and O–H groups in total. The first kappa shape index (κ1) is 13.2. The molecular formula is C12H15O3-. The van der Waals surface area contributed by atoms with Crippen molar-refractivity contribution in [1.29, 1.82) is 0 Å². The summed E-state index contributed by atoms with van der Waals surface area (Å²) in [6, 6.07) is 10.3. The second-order valence-corrected chi connectivity index (χ2v) is 2.94. The molecule has 0 spiro atoms. The number of carboxylic acids is 1. The van der Waals surface area contributed by atoms with Crippen LogP contribution in [0.5, 0.6) is 0 Å². The van der Waals surface area contributed by atoms with Crippen LogP contribution in [0.25, 0.3) is 0 Å². The van der Waals surface area contributed by atoms with Crippen LogP contribution >= 0.6 is 0 Å². The standard InChI is InChI=1S/C7H8.C5H8O3/c1-7-5-3-2-4-6-7;1-2-3-4(6)5(7)8/h2-6H,1H3;3,6H,2H2,1H3,(H,7,8)/p-1/b;4-3-. The smallest absolute Gasteiger partial charge is 0.320 e. The molecule has 0 radical (unpaired) electrons. The van der Waals surface area contributed by atoms with E-state index in [4.69, 9.17) is 5.11 Å². The van der Waals surface area contributed by atoms with E-state index in [1.807, 2.05) is 18.2 Å². The summed E-state index contributed by atoms with van der Waals surface area (Å²) in [5, 5.41) is 18.0. The molecule has 0 unspecified atom stereocenters. The van der Waals surface area contributed by atoms with Crippen molar-refractivity contribution in [1.82, 2.24) is 0 Å². The van der Waals surface area contributed by atoms with Crippen LogP contribution in [0.4, 0.5) is 0 Å². The average molecular weight is 207 g/mol. The lowest BCUT2D eigenvalue weighted by Crippen LogP contribution is -2.13. The fraction of sp³-hybridized carbons (Fsp3) is 0.250. The van der Waals surface area contributed by atoms with Crippen LogP contribution < -0.4 is 5.11 Å². The van der Waals surface area contributed by atoms with Gasteiger partial charge in [0, 0.05) is 0 Å². The van der Waals surface area contributed by atoms with Crippen molar-refractivity contribution < 1.29 is 15.0 Å². The lowest BCUT2D eigenvalue weighted by molar-refractivity contribution is -0.302. The van der Waals surface area contributed by atoms with E-state index < -0.39 is 11.7 Å². The second kappa shape index (κ2) is 7.62. The fourth-order valence-corrected chi connectivity index (χ4v) is 0.807. The van der Waals surface area contributed by atoms with Crippen molar-refractivity contribution in [2.45, 2.75) is 20.3 Å². The molecule has 0 aliphatic carbocycles. The summed E-state index contributed by atoms with van der Waals surface area (Å²) in [5.41, 5.74) is 1.32. The first-order chi connectivity index (χ1) is 7.07. The van der Waals surface area contributed by atoms with Gasteiger partial charge in [0.25, 0.3) is 0 Å². The van der Waals surface area contributed by atoms with Crippen LogP contribution in [0.1, 0.15) is 18.9 Å². The van der Waals surface area contributed by atoms with E-state index in [0.29, 0.717) is 6.42 Å². The average Bonchev–Trinajstić information content (AvgIpc) is 2.20. The number of carbonyl (C=O) groups is 1. The van der Waals surface area contributed by atoms with Crippen LogP contribution in [0.2, 0.25) is 0 Å². The molecule has 0 heterocycles. The van der Waals surface area contributed by atoms with Gasteiger partial charge in [0.15, 0.2) is 0 Å². The van der Waals surface area contributed by atoms with Crippen LogP contribution in [0, 0.1) is 6.92 Å². The predicted octanol–water partition coefficient (Wildman–Crippen LogP) is 1.72. The molecule has 0 amide bonds. The van der Waals surface area contributed by atoms with E-state index in [2.05, 4.69) is 19.1 Å². The van der Waals surface area contributed by atoms with Gasteiger partial charge in [-0.2, -0.15) is 0 Å². The van der Waals surface area contributed by atoms with E-state index in [9.17, 15) is 9.90 Å². The van der Waals surface area contributed by atoms with Gasteiger partial charge >= 0.3 is 5.97 Å². The highest BCUT2D eigenvalue weighted by atomic mass is 16.4. The number of allylic oxidation sites excluding steroid dienone is 1. The molecule has 1 rings (SSSR count). The second-order valence-electron chi connectivity index (χ2n) is 2.94. The molecule has 0 saturated heterocycles. The maximum atomic E-state index is 10.1. The first-order valence-electron chi connectivity index (χ1n) is 4.70. The molecule has 0 fully saturated rings. The normalized spacial score (nSPS) is 10.1. The minimum absolute atomic E-state index is 0.477. The van der Waals surface area contributed by atoms with E-state index in [1.165, 1.54) is 5.56 Å². The minimum Gasteiger partial charge on any atom is -0.868 e. The van der Waals surface area contributed by atoms with Gasteiger partial charge in [0.2, 0.25) is 0 Å². The third kappa shape index (κ3) is 7.31. The lowest BCUT2D eigenvalue weighted by Gasteiger charge is -2.01. The number of hydrogen-bond acceptors (Lipinski definition) is 2. The molecule has 0 aliphatic rings. The van der Waals surface area contributed by atoms with Crippen LogP contribution in [-0.4, -0.2) is 11.1 Å². The Morgan fingerprint density at radius 1 is 1.40 bits per heavy atom. The van der Waals surface area contributed by atoms with Crippen LogP contribution in [0.15, 0.2) is 42.2 Å². The molecule has 0 aliphatic heterocycles. The van der Waals surface area contributed by atoms with Crippen molar-refractivity contribution in [2.75, 3.05) is 0 Å². The summed E-state index contributed by atoms with van der Waals surface area (Å²) in [6.45, 7) is 3.79. The predicted molar refractivity (Wildman–Crippen MR) is 57.2 cm³/mol. The van der Waals surface area contributed by atoms with Gasteiger partial charge < -0.3 is 10.2 Å². The van der Waals surface area contributed by atoms with E-state index in [-0.39, 0.29) is 0 Å². The Bertz CT molecular complexity index is 315. The van der Waals surface area contributed by atoms with Gasteiger partial charge in [-0.25, -0.2) is 4.79 Å². The minimum atomic E-state index is -1.38. The Morgan fingerprint density at radius 3 is 2.13 bits per heavy atom. The Morgan fingerprint density at radius 2 is 1.93 bits per heavy atom.